The summed E-state index contributed by atoms with van der Waals surface area (Å²) in [5, 5.41) is 0. The average molecular weight is 244 g/mol. The first-order valence-corrected chi connectivity index (χ1v) is 5.81. The monoisotopic (exact) mass is 244 g/mol. The fourth-order valence-corrected chi connectivity index (χ4v) is 1.90. The van der Waals surface area contributed by atoms with Crippen LogP contribution in [0.4, 0.5) is 5.82 Å². The van der Waals surface area contributed by atoms with E-state index in [4.69, 9.17) is 5.73 Å². The van der Waals surface area contributed by atoms with Crippen LogP contribution in [0.5, 0.6) is 0 Å². The number of pyridine rings is 1. The maximum Gasteiger partial charge on any atom is 0.256 e. The van der Waals surface area contributed by atoms with Crippen LogP contribution in [0.2, 0.25) is 0 Å². The highest BCUT2D eigenvalue weighted by molar-refractivity contribution is 5.60. The van der Waals surface area contributed by atoms with Crippen molar-refractivity contribution in [1.29, 1.82) is 0 Å². The number of hydrogen-bond donors (Lipinski definition) is 2. The molecule has 0 unspecified atom stereocenters. The van der Waals surface area contributed by atoms with E-state index in [0.29, 0.717) is 11.4 Å². The third-order valence-corrected chi connectivity index (χ3v) is 2.86. The van der Waals surface area contributed by atoms with Crippen molar-refractivity contribution in [3.8, 4) is 11.4 Å². The van der Waals surface area contributed by atoms with Crippen molar-refractivity contribution in [3.63, 3.8) is 0 Å². The summed E-state index contributed by atoms with van der Waals surface area (Å²) in [5.41, 5.74) is 7.98. The van der Waals surface area contributed by atoms with Crippen LogP contribution in [0, 0.1) is 6.92 Å². The van der Waals surface area contributed by atoms with Gasteiger partial charge in [0.1, 0.15) is 11.6 Å². The average Bonchev–Trinajstić information content (AvgIpc) is 2.27. The molecule has 0 aliphatic carbocycles. The lowest BCUT2D eigenvalue weighted by Gasteiger charge is -2.10. The minimum atomic E-state index is -0.184. The van der Waals surface area contributed by atoms with E-state index in [1.165, 1.54) is 0 Å². The number of H-pyrrole nitrogens is 1. The highest BCUT2D eigenvalue weighted by Crippen LogP contribution is 2.21. The molecule has 2 aromatic heterocycles. The van der Waals surface area contributed by atoms with E-state index >= 15 is 0 Å². The zero-order valence-electron chi connectivity index (χ0n) is 10.7. The van der Waals surface area contributed by atoms with Crippen LogP contribution in [0.3, 0.4) is 0 Å². The van der Waals surface area contributed by atoms with Gasteiger partial charge in [-0.15, -0.1) is 0 Å². The Morgan fingerprint density at radius 2 is 2.11 bits per heavy atom. The Balaban J connectivity index is 2.63. The van der Waals surface area contributed by atoms with Crippen LogP contribution in [-0.4, -0.2) is 15.0 Å². The van der Waals surface area contributed by atoms with Gasteiger partial charge in [-0.1, -0.05) is 13.8 Å². The van der Waals surface area contributed by atoms with Gasteiger partial charge in [0.2, 0.25) is 0 Å². The van der Waals surface area contributed by atoms with E-state index < -0.39 is 0 Å². The summed E-state index contributed by atoms with van der Waals surface area (Å²) in [5.74, 6) is 0.796. The highest BCUT2D eigenvalue weighted by atomic mass is 16.1. The largest absolute Gasteiger partial charge is 0.383 e. The Morgan fingerprint density at radius 3 is 2.67 bits per heavy atom. The summed E-state index contributed by atoms with van der Waals surface area (Å²) in [6.07, 6.45) is 3.37. The standard InChI is InChI=1S/C13H16N4O/c1-7(2)10-11(14)16-12(17-13(10)18)9-6-15-5-4-8(9)3/h4-7H,1-3H3,(H3,14,16,17,18). The second kappa shape index (κ2) is 4.60. The van der Waals surface area contributed by atoms with Gasteiger partial charge in [0.25, 0.3) is 5.56 Å². The van der Waals surface area contributed by atoms with Crippen molar-refractivity contribution < 1.29 is 0 Å². The summed E-state index contributed by atoms with van der Waals surface area (Å²) in [7, 11) is 0. The molecule has 2 aromatic rings. The van der Waals surface area contributed by atoms with Gasteiger partial charge >= 0.3 is 0 Å². The molecule has 5 nitrogen and oxygen atoms in total. The minimum Gasteiger partial charge on any atom is -0.383 e. The third kappa shape index (κ3) is 2.11. The molecule has 94 valence electrons. The molecule has 2 heterocycles. The van der Waals surface area contributed by atoms with Gasteiger partial charge in [-0.25, -0.2) is 4.98 Å². The molecule has 2 rings (SSSR count). The topological polar surface area (TPSA) is 84.7 Å². The predicted molar refractivity (Wildman–Crippen MR) is 71.3 cm³/mol. The first-order valence-electron chi connectivity index (χ1n) is 5.81. The molecule has 0 fully saturated rings. The summed E-state index contributed by atoms with van der Waals surface area (Å²) in [6.45, 7) is 5.76. The summed E-state index contributed by atoms with van der Waals surface area (Å²) in [6, 6.07) is 1.86. The number of nitrogens with zero attached hydrogens (tertiary/aromatic N) is 2. The maximum atomic E-state index is 12.0. The SMILES string of the molecule is Cc1ccncc1-c1nc(N)c(C(C)C)c(=O)[nH]1. The number of aryl methyl sites for hydroxylation is 1. The van der Waals surface area contributed by atoms with Gasteiger partial charge in [-0.2, -0.15) is 0 Å². The van der Waals surface area contributed by atoms with Crippen LogP contribution in [0.1, 0.15) is 30.9 Å². The summed E-state index contributed by atoms with van der Waals surface area (Å²) < 4.78 is 0. The fraction of sp³-hybridized carbons (Fsp3) is 0.308. The molecule has 0 atom stereocenters. The molecule has 0 aliphatic rings. The third-order valence-electron chi connectivity index (χ3n) is 2.86. The number of aromatic amines is 1. The summed E-state index contributed by atoms with van der Waals surface area (Å²) in [4.78, 5) is 23.1. The van der Waals surface area contributed by atoms with Crippen molar-refractivity contribution in [2.75, 3.05) is 5.73 Å². The summed E-state index contributed by atoms with van der Waals surface area (Å²) >= 11 is 0. The predicted octanol–water partition coefficient (Wildman–Crippen LogP) is 1.85. The Kier molecular flexibility index (Phi) is 3.14. The lowest BCUT2D eigenvalue weighted by molar-refractivity contribution is 0.837. The van der Waals surface area contributed by atoms with Crippen molar-refractivity contribution in [2.45, 2.75) is 26.7 Å². The first-order chi connectivity index (χ1) is 8.50. The molecular formula is C13H16N4O. The lowest BCUT2D eigenvalue weighted by atomic mass is 10.1. The number of hydrogen-bond acceptors (Lipinski definition) is 4. The van der Waals surface area contributed by atoms with E-state index in [1.807, 2.05) is 26.8 Å². The van der Waals surface area contributed by atoms with E-state index in [1.54, 1.807) is 12.4 Å². The number of nitrogens with two attached hydrogens (primary N) is 1. The molecule has 0 aliphatic heterocycles. The van der Waals surface area contributed by atoms with Crippen molar-refractivity contribution >= 4 is 5.82 Å². The van der Waals surface area contributed by atoms with Crippen LogP contribution < -0.4 is 11.3 Å². The van der Waals surface area contributed by atoms with Crippen LogP contribution in [0.15, 0.2) is 23.3 Å². The maximum absolute atomic E-state index is 12.0. The minimum absolute atomic E-state index is 0.0466. The van der Waals surface area contributed by atoms with Crippen molar-refractivity contribution in [2.24, 2.45) is 0 Å². The molecule has 0 radical (unpaired) electrons. The van der Waals surface area contributed by atoms with Crippen LogP contribution in [-0.2, 0) is 0 Å². The first kappa shape index (κ1) is 12.3. The second-order valence-electron chi connectivity index (χ2n) is 4.56. The quantitative estimate of drug-likeness (QED) is 0.844. The normalized spacial score (nSPS) is 10.9. The Morgan fingerprint density at radius 1 is 1.39 bits per heavy atom. The van der Waals surface area contributed by atoms with E-state index in [9.17, 15) is 4.79 Å². The molecule has 0 amide bonds. The number of nitrogens with one attached hydrogen (secondary N) is 1. The van der Waals surface area contributed by atoms with Gasteiger partial charge in [0.15, 0.2) is 0 Å². The fourth-order valence-electron chi connectivity index (χ4n) is 1.90. The molecule has 0 bridgehead atoms. The molecule has 5 heteroatoms. The Bertz CT molecular complexity index is 631. The molecule has 18 heavy (non-hydrogen) atoms. The van der Waals surface area contributed by atoms with Gasteiger partial charge in [-0.05, 0) is 24.5 Å². The number of anilines is 1. The van der Waals surface area contributed by atoms with Crippen molar-refractivity contribution in [1.82, 2.24) is 15.0 Å². The van der Waals surface area contributed by atoms with Crippen LogP contribution >= 0.6 is 0 Å². The van der Waals surface area contributed by atoms with E-state index in [-0.39, 0.29) is 17.3 Å². The van der Waals surface area contributed by atoms with E-state index in [2.05, 4.69) is 15.0 Å². The molecule has 0 spiro atoms. The molecule has 0 saturated heterocycles. The number of aromatic nitrogens is 3. The second-order valence-corrected chi connectivity index (χ2v) is 4.56. The lowest BCUT2D eigenvalue weighted by Crippen LogP contribution is -2.19. The smallest absolute Gasteiger partial charge is 0.256 e. The molecular weight excluding hydrogens is 228 g/mol. The highest BCUT2D eigenvalue weighted by Gasteiger charge is 2.14. The molecule has 0 saturated carbocycles. The zero-order valence-corrected chi connectivity index (χ0v) is 10.7. The Labute approximate surface area is 105 Å². The molecule has 0 aromatic carbocycles. The van der Waals surface area contributed by atoms with Gasteiger partial charge in [0.05, 0.1) is 5.56 Å². The number of nitrogen functional groups attached to an aromatic ring is 1. The van der Waals surface area contributed by atoms with Gasteiger partial charge in [0, 0.05) is 18.0 Å². The zero-order chi connectivity index (χ0) is 13.3. The van der Waals surface area contributed by atoms with Crippen molar-refractivity contribution in [3.05, 3.63) is 39.9 Å². The number of rotatable bonds is 2. The van der Waals surface area contributed by atoms with E-state index in [0.717, 1.165) is 11.1 Å². The van der Waals surface area contributed by atoms with Gasteiger partial charge in [-0.3, -0.25) is 9.78 Å². The Hall–Kier alpha value is -2.17. The van der Waals surface area contributed by atoms with Crippen LogP contribution in [0.25, 0.3) is 11.4 Å². The molecule has 3 N–H and O–H groups in total. The van der Waals surface area contributed by atoms with Gasteiger partial charge < -0.3 is 10.7 Å².